The van der Waals surface area contributed by atoms with Crippen LogP contribution >= 0.6 is 0 Å². The molecule has 1 aromatic carbocycles. The fraction of sp³-hybridized carbons (Fsp3) is 0.167. The van der Waals surface area contributed by atoms with Gasteiger partial charge in [0.2, 0.25) is 0 Å². The van der Waals surface area contributed by atoms with E-state index in [-0.39, 0.29) is 11.7 Å². The first-order chi connectivity index (χ1) is 11.0. The fourth-order valence-electron chi connectivity index (χ4n) is 2.61. The van der Waals surface area contributed by atoms with Crippen molar-refractivity contribution in [3.8, 4) is 5.75 Å². The van der Waals surface area contributed by atoms with Crippen LogP contribution in [0.4, 0.5) is 5.69 Å². The summed E-state index contributed by atoms with van der Waals surface area (Å²) in [6.45, 7) is 3.30. The smallest absolute Gasteiger partial charge is 0.256 e. The molecular formula is C18H16N2O3. The van der Waals surface area contributed by atoms with E-state index in [9.17, 15) is 9.59 Å². The minimum Gasteiger partial charge on any atom is -0.497 e. The van der Waals surface area contributed by atoms with Gasteiger partial charge in [-0.3, -0.25) is 9.59 Å². The number of allylic oxidation sites excluding steroid dienone is 1. The van der Waals surface area contributed by atoms with Crippen LogP contribution in [0.5, 0.6) is 5.75 Å². The summed E-state index contributed by atoms with van der Waals surface area (Å²) < 4.78 is 5.24. The molecule has 0 fully saturated rings. The summed E-state index contributed by atoms with van der Waals surface area (Å²) in [5.41, 5.74) is 3.78. The maximum atomic E-state index is 12.4. The number of anilines is 1. The van der Waals surface area contributed by atoms with Gasteiger partial charge in [0, 0.05) is 18.2 Å². The molecule has 0 saturated carbocycles. The first-order valence-corrected chi connectivity index (χ1v) is 7.20. The summed E-state index contributed by atoms with van der Waals surface area (Å²) in [5, 5.41) is 2.84. The van der Waals surface area contributed by atoms with Gasteiger partial charge in [-0.2, -0.15) is 0 Å². The molecule has 0 spiro atoms. The highest BCUT2D eigenvalue weighted by atomic mass is 16.5. The zero-order valence-electron chi connectivity index (χ0n) is 13.1. The number of nitrogens with one attached hydrogen (secondary N) is 1. The van der Waals surface area contributed by atoms with Crippen LogP contribution in [0.25, 0.3) is 11.1 Å². The van der Waals surface area contributed by atoms with E-state index >= 15 is 0 Å². The van der Waals surface area contributed by atoms with Gasteiger partial charge in [0.15, 0.2) is 5.78 Å². The number of methoxy groups -OCH3 is 1. The van der Waals surface area contributed by atoms with Crippen molar-refractivity contribution in [2.45, 2.75) is 13.8 Å². The Morgan fingerprint density at radius 3 is 2.57 bits per heavy atom. The number of hydrogen-bond donors (Lipinski definition) is 1. The number of carbonyl (C=O) groups is 2. The molecule has 1 amide bonds. The fourth-order valence-corrected chi connectivity index (χ4v) is 2.61. The second kappa shape index (κ2) is 5.68. The van der Waals surface area contributed by atoms with Crippen LogP contribution in [-0.4, -0.2) is 23.8 Å². The Labute approximate surface area is 134 Å². The summed E-state index contributed by atoms with van der Waals surface area (Å²) in [6.07, 6.45) is 0. The lowest BCUT2D eigenvalue weighted by atomic mass is 9.99. The Bertz CT molecular complexity index is 853. The van der Waals surface area contributed by atoms with E-state index < -0.39 is 0 Å². The minimum atomic E-state index is -0.180. The van der Waals surface area contributed by atoms with Crippen LogP contribution in [0.1, 0.15) is 35.6 Å². The molecule has 5 nitrogen and oxygen atoms in total. The molecule has 0 saturated heterocycles. The van der Waals surface area contributed by atoms with Crippen LogP contribution in [-0.2, 0) is 4.79 Å². The van der Waals surface area contributed by atoms with Crippen LogP contribution in [0.3, 0.4) is 0 Å². The zero-order valence-corrected chi connectivity index (χ0v) is 13.1. The van der Waals surface area contributed by atoms with Gasteiger partial charge in [-0.15, -0.1) is 0 Å². The Kier molecular flexibility index (Phi) is 3.70. The lowest BCUT2D eigenvalue weighted by Crippen LogP contribution is -2.06. The van der Waals surface area contributed by atoms with Crippen molar-refractivity contribution in [2.24, 2.45) is 0 Å². The van der Waals surface area contributed by atoms with Crippen LogP contribution in [0.15, 0.2) is 36.4 Å². The number of hydrogen-bond acceptors (Lipinski definition) is 4. The predicted molar refractivity (Wildman–Crippen MR) is 88.4 cm³/mol. The molecule has 5 heteroatoms. The number of benzene rings is 1. The van der Waals surface area contributed by atoms with Crippen molar-refractivity contribution in [2.75, 3.05) is 12.4 Å². The molecule has 0 radical (unpaired) electrons. The molecule has 0 aliphatic carbocycles. The molecule has 0 unspecified atom stereocenters. The van der Waals surface area contributed by atoms with Crippen molar-refractivity contribution >= 4 is 28.5 Å². The zero-order chi connectivity index (χ0) is 16.6. The van der Waals surface area contributed by atoms with Crippen molar-refractivity contribution in [3.63, 3.8) is 0 Å². The monoisotopic (exact) mass is 308 g/mol. The Morgan fingerprint density at radius 2 is 1.87 bits per heavy atom. The molecular weight excluding hydrogens is 292 g/mol. The lowest BCUT2D eigenvalue weighted by Gasteiger charge is -2.07. The average molecular weight is 308 g/mol. The topological polar surface area (TPSA) is 68.3 Å². The van der Waals surface area contributed by atoms with Crippen molar-refractivity contribution in [1.82, 2.24) is 4.98 Å². The number of fused-ring (bicyclic) bond motifs is 1. The molecule has 0 bridgehead atoms. The summed E-state index contributed by atoms with van der Waals surface area (Å²) in [6, 6.07) is 10.6. The van der Waals surface area contributed by atoms with Crippen molar-refractivity contribution in [1.29, 1.82) is 0 Å². The number of amides is 1. The first kappa shape index (κ1) is 15.0. The van der Waals surface area contributed by atoms with Gasteiger partial charge in [0.05, 0.1) is 18.4 Å². The van der Waals surface area contributed by atoms with E-state index in [0.717, 1.165) is 16.8 Å². The second-order valence-electron chi connectivity index (χ2n) is 5.33. The quantitative estimate of drug-likeness (QED) is 0.698. The Hall–Kier alpha value is -2.95. The number of nitrogens with zero attached hydrogens (tertiary/aromatic N) is 1. The lowest BCUT2D eigenvalue weighted by molar-refractivity contribution is -0.110. The molecule has 3 rings (SSSR count). The van der Waals surface area contributed by atoms with Gasteiger partial charge >= 0.3 is 0 Å². The predicted octanol–water partition coefficient (Wildman–Crippen LogP) is 3.18. The molecule has 0 atom stereocenters. The number of carbonyl (C=O) groups excluding carboxylic acids is 2. The highest BCUT2D eigenvalue weighted by molar-refractivity contribution is 6.36. The standard InChI is InChI=1S/C18H16N2O3/c1-10(14-5-4-6-15(19-14)11(2)21)17-13-9-12(23-3)7-8-16(13)20-18(17)22/h4-9H,1-3H3,(H,20,22)/b17-10-. The Balaban J connectivity index is 2.17. The minimum absolute atomic E-state index is 0.109. The third kappa shape index (κ3) is 2.61. The van der Waals surface area contributed by atoms with E-state index in [1.807, 2.05) is 19.1 Å². The maximum Gasteiger partial charge on any atom is 0.256 e. The number of ketones is 1. The van der Waals surface area contributed by atoms with Crippen LogP contribution in [0, 0.1) is 0 Å². The molecule has 1 aromatic heterocycles. The highest BCUT2D eigenvalue weighted by Gasteiger charge is 2.27. The molecule has 23 heavy (non-hydrogen) atoms. The molecule has 1 aliphatic rings. The SMILES string of the molecule is COc1ccc2c(c1)/C(=C(\C)c1cccc(C(C)=O)n1)C(=O)N2. The molecule has 2 aromatic rings. The summed E-state index contributed by atoms with van der Waals surface area (Å²) in [7, 11) is 1.58. The van der Waals surface area contributed by atoms with Gasteiger partial charge in [-0.25, -0.2) is 4.98 Å². The van der Waals surface area contributed by atoms with Crippen molar-refractivity contribution < 1.29 is 14.3 Å². The summed E-state index contributed by atoms with van der Waals surface area (Å²) in [5.74, 6) is 0.388. The van der Waals surface area contributed by atoms with Gasteiger partial charge < -0.3 is 10.1 Å². The molecule has 1 aliphatic heterocycles. The number of ether oxygens (including phenoxy) is 1. The molecule has 1 N–H and O–H groups in total. The van der Waals surface area contributed by atoms with E-state index in [2.05, 4.69) is 10.3 Å². The number of rotatable bonds is 3. The van der Waals surface area contributed by atoms with Gasteiger partial charge in [-0.1, -0.05) is 6.07 Å². The third-order valence-corrected chi connectivity index (χ3v) is 3.84. The van der Waals surface area contributed by atoms with E-state index in [1.54, 1.807) is 31.4 Å². The van der Waals surface area contributed by atoms with Gasteiger partial charge in [0.25, 0.3) is 5.91 Å². The Morgan fingerprint density at radius 1 is 1.13 bits per heavy atom. The normalized spacial score (nSPS) is 15.0. The van der Waals surface area contributed by atoms with Crippen LogP contribution < -0.4 is 10.1 Å². The van der Waals surface area contributed by atoms with Gasteiger partial charge in [-0.05, 0) is 42.8 Å². The average Bonchev–Trinajstić information content (AvgIpc) is 2.89. The highest BCUT2D eigenvalue weighted by Crippen LogP contribution is 2.38. The number of Topliss-reactive ketones (excluding diaryl/α,β-unsaturated/α-hetero) is 1. The largest absolute Gasteiger partial charge is 0.497 e. The summed E-state index contributed by atoms with van der Waals surface area (Å²) >= 11 is 0. The first-order valence-electron chi connectivity index (χ1n) is 7.20. The maximum absolute atomic E-state index is 12.4. The van der Waals surface area contributed by atoms with Crippen molar-refractivity contribution in [3.05, 3.63) is 53.3 Å². The second-order valence-corrected chi connectivity index (χ2v) is 5.33. The third-order valence-electron chi connectivity index (χ3n) is 3.84. The van der Waals surface area contributed by atoms with E-state index in [0.29, 0.717) is 22.7 Å². The number of pyridine rings is 1. The van der Waals surface area contributed by atoms with Gasteiger partial charge in [0.1, 0.15) is 11.4 Å². The van der Waals surface area contributed by atoms with Crippen LogP contribution in [0.2, 0.25) is 0 Å². The number of aromatic nitrogens is 1. The van der Waals surface area contributed by atoms with E-state index in [4.69, 9.17) is 4.74 Å². The molecule has 2 heterocycles. The molecule has 116 valence electrons. The van der Waals surface area contributed by atoms with E-state index in [1.165, 1.54) is 6.92 Å². The summed E-state index contributed by atoms with van der Waals surface area (Å²) in [4.78, 5) is 28.2.